The minimum Gasteiger partial charge on any atom is -0.508 e. The highest BCUT2D eigenvalue weighted by atomic mass is 19.1. The van der Waals surface area contributed by atoms with Crippen LogP contribution in [-0.2, 0) is 11.2 Å². The van der Waals surface area contributed by atoms with Crippen molar-refractivity contribution in [3.05, 3.63) is 47.7 Å². The van der Waals surface area contributed by atoms with Gasteiger partial charge in [-0.2, -0.15) is 9.97 Å². The van der Waals surface area contributed by atoms with Crippen LogP contribution in [0.2, 0.25) is 0 Å². The van der Waals surface area contributed by atoms with E-state index in [1.54, 1.807) is 12.3 Å². The van der Waals surface area contributed by atoms with E-state index in [-0.39, 0.29) is 40.7 Å². The highest BCUT2D eigenvalue weighted by Gasteiger charge is 2.49. The molecule has 4 saturated heterocycles. The Hall–Kier alpha value is -3.70. The second-order valence-electron chi connectivity index (χ2n) is 13.1. The van der Waals surface area contributed by atoms with Crippen molar-refractivity contribution in [2.45, 2.75) is 69.2 Å². The number of rotatable bonds is 6. The maximum atomic E-state index is 16.8. The molecule has 4 aliphatic heterocycles. The number of anilines is 1. The quantitative estimate of drug-likeness (QED) is 0.277. The molecule has 4 aliphatic rings. The van der Waals surface area contributed by atoms with E-state index in [4.69, 9.17) is 14.5 Å². The van der Waals surface area contributed by atoms with Crippen LogP contribution < -0.4 is 9.64 Å². The van der Waals surface area contributed by atoms with E-state index in [9.17, 15) is 13.9 Å². The summed E-state index contributed by atoms with van der Waals surface area (Å²) in [6, 6.07) is 5.91. The minimum absolute atomic E-state index is 0.0262. The third kappa shape index (κ3) is 4.69. The van der Waals surface area contributed by atoms with Gasteiger partial charge in [0.05, 0.1) is 23.1 Å². The van der Waals surface area contributed by atoms with Crippen LogP contribution in [0.5, 0.6) is 11.8 Å². The number of halogens is 3. The number of ether oxygens (including phenoxy) is 2. The Bertz CT molecular complexity index is 1810. The van der Waals surface area contributed by atoms with E-state index in [2.05, 4.69) is 19.8 Å². The SMILES string of the molecule is CCc1c(F)ccc2cc(O)cc(-c3ncc4c(N5CCC6(CCO6)CC5)nc(OC[C@@]56CCCN5C[C@H](F)C6)nc4c3F)c12. The van der Waals surface area contributed by atoms with Crippen LogP contribution in [-0.4, -0.2) is 81.7 Å². The largest absolute Gasteiger partial charge is 0.508 e. The Labute approximate surface area is 259 Å². The Morgan fingerprint density at radius 2 is 1.91 bits per heavy atom. The molecule has 2 atom stereocenters. The molecule has 8 rings (SSSR count). The van der Waals surface area contributed by atoms with E-state index in [0.29, 0.717) is 60.0 Å². The van der Waals surface area contributed by atoms with Gasteiger partial charge in [0, 0.05) is 37.8 Å². The maximum Gasteiger partial charge on any atom is 0.319 e. The van der Waals surface area contributed by atoms with Gasteiger partial charge in [-0.15, -0.1) is 0 Å². The van der Waals surface area contributed by atoms with Gasteiger partial charge >= 0.3 is 6.01 Å². The van der Waals surface area contributed by atoms with Crippen molar-refractivity contribution in [1.29, 1.82) is 0 Å². The standard InChI is InChI=1S/C34H36F3N5O3/c1-2-23-26(36)5-4-20-14-22(43)15-24(27(20)23)29-28(37)30-25(17-38-29)31(41-11-7-34(8-12-41)9-13-45-34)40-32(39-30)44-19-33-6-3-10-42(33)18-21(35)16-33/h4-5,14-15,17,21,43H,2-3,6-13,16,18-19H2,1H3/t21-,33+/m1/s1. The fourth-order valence-electron chi connectivity index (χ4n) is 8.11. The van der Waals surface area contributed by atoms with Crippen LogP contribution in [0.4, 0.5) is 19.0 Å². The summed E-state index contributed by atoms with van der Waals surface area (Å²) in [5, 5.41) is 12.1. The third-order valence-corrected chi connectivity index (χ3v) is 10.6. The van der Waals surface area contributed by atoms with Crippen molar-refractivity contribution in [2.24, 2.45) is 0 Å². The number of alkyl halides is 1. The highest BCUT2D eigenvalue weighted by Crippen LogP contribution is 2.43. The molecule has 11 heteroatoms. The molecule has 2 aromatic carbocycles. The summed E-state index contributed by atoms with van der Waals surface area (Å²) < 4.78 is 58.3. The molecule has 0 bridgehead atoms. The van der Waals surface area contributed by atoms with E-state index < -0.39 is 23.3 Å². The lowest BCUT2D eigenvalue weighted by atomic mass is 9.84. The lowest BCUT2D eigenvalue weighted by Gasteiger charge is -2.47. The summed E-state index contributed by atoms with van der Waals surface area (Å²) in [5.74, 6) is -0.665. The maximum absolute atomic E-state index is 16.8. The number of benzene rings is 2. The lowest BCUT2D eigenvalue weighted by Crippen LogP contribution is -2.52. The number of aryl methyl sites for hydroxylation is 1. The van der Waals surface area contributed by atoms with Crippen LogP contribution in [0.25, 0.3) is 32.9 Å². The molecule has 0 amide bonds. The molecule has 0 saturated carbocycles. The van der Waals surface area contributed by atoms with E-state index in [1.807, 2.05) is 6.92 Å². The van der Waals surface area contributed by atoms with Gasteiger partial charge in [0.1, 0.15) is 41.4 Å². The zero-order chi connectivity index (χ0) is 30.9. The van der Waals surface area contributed by atoms with Crippen molar-refractivity contribution in [2.75, 3.05) is 44.3 Å². The normalized spacial score (nSPS) is 24.4. The van der Waals surface area contributed by atoms with E-state index in [0.717, 1.165) is 45.3 Å². The van der Waals surface area contributed by atoms with Crippen molar-refractivity contribution in [1.82, 2.24) is 19.9 Å². The smallest absolute Gasteiger partial charge is 0.319 e. The summed E-state index contributed by atoms with van der Waals surface area (Å²) >= 11 is 0. The van der Waals surface area contributed by atoms with Crippen molar-refractivity contribution < 1.29 is 27.8 Å². The van der Waals surface area contributed by atoms with Gasteiger partial charge in [-0.3, -0.25) is 9.88 Å². The number of phenols is 1. The molecule has 4 aromatic rings. The number of fused-ring (bicyclic) bond motifs is 3. The molecular formula is C34H36F3N5O3. The molecule has 0 aliphatic carbocycles. The number of pyridine rings is 1. The predicted octanol–water partition coefficient (Wildman–Crippen LogP) is 6.11. The molecule has 0 radical (unpaired) electrons. The first kappa shape index (κ1) is 28.8. The van der Waals surface area contributed by atoms with E-state index in [1.165, 1.54) is 18.2 Å². The Morgan fingerprint density at radius 3 is 2.67 bits per heavy atom. The molecule has 1 N–H and O–H groups in total. The molecule has 4 fully saturated rings. The summed E-state index contributed by atoms with van der Waals surface area (Å²) in [6.45, 7) is 5.39. The second kappa shape index (κ2) is 10.7. The monoisotopic (exact) mass is 619 g/mol. The number of hydrogen-bond acceptors (Lipinski definition) is 8. The Kier molecular flexibility index (Phi) is 6.83. The second-order valence-corrected chi connectivity index (χ2v) is 13.1. The molecule has 2 aromatic heterocycles. The highest BCUT2D eigenvalue weighted by molar-refractivity contribution is 6.01. The third-order valence-electron chi connectivity index (χ3n) is 10.6. The fourth-order valence-corrected chi connectivity index (χ4v) is 8.11. The minimum atomic E-state index is -0.905. The van der Waals surface area contributed by atoms with Crippen LogP contribution in [0, 0.1) is 11.6 Å². The summed E-state index contributed by atoms with van der Waals surface area (Å²) in [4.78, 5) is 18.2. The molecule has 1 spiro atoms. The van der Waals surface area contributed by atoms with Crippen molar-refractivity contribution in [3.63, 3.8) is 0 Å². The Balaban J connectivity index is 1.25. The number of phenolic OH excluding ortho intramolecular Hbond substituents is 1. The molecule has 0 unspecified atom stereocenters. The van der Waals surface area contributed by atoms with Gasteiger partial charge in [-0.25, -0.2) is 13.2 Å². The number of piperidine rings is 1. The molecule has 6 heterocycles. The number of aromatic hydroxyl groups is 1. The lowest BCUT2D eigenvalue weighted by molar-refractivity contribution is -0.158. The zero-order valence-electron chi connectivity index (χ0n) is 25.3. The first-order valence-corrected chi connectivity index (χ1v) is 16.0. The molecule has 8 nitrogen and oxygen atoms in total. The zero-order valence-corrected chi connectivity index (χ0v) is 25.3. The summed E-state index contributed by atoms with van der Waals surface area (Å²) in [6.07, 6.45) is 5.91. The van der Waals surface area contributed by atoms with Gasteiger partial charge in [-0.1, -0.05) is 13.0 Å². The average Bonchev–Trinajstić information content (AvgIpc) is 3.55. The Morgan fingerprint density at radius 1 is 1.09 bits per heavy atom. The predicted molar refractivity (Wildman–Crippen MR) is 165 cm³/mol. The van der Waals surface area contributed by atoms with Crippen molar-refractivity contribution in [3.8, 4) is 23.0 Å². The van der Waals surface area contributed by atoms with Gasteiger partial charge in [0.25, 0.3) is 0 Å². The average molecular weight is 620 g/mol. The first-order valence-electron chi connectivity index (χ1n) is 16.0. The summed E-state index contributed by atoms with van der Waals surface area (Å²) in [7, 11) is 0. The number of nitrogens with zero attached hydrogens (tertiary/aromatic N) is 5. The van der Waals surface area contributed by atoms with Crippen LogP contribution in [0.15, 0.2) is 30.5 Å². The van der Waals surface area contributed by atoms with Gasteiger partial charge < -0.3 is 19.5 Å². The topological polar surface area (TPSA) is 83.8 Å². The molecule has 45 heavy (non-hydrogen) atoms. The number of aromatic nitrogens is 3. The number of hydrogen-bond donors (Lipinski definition) is 1. The van der Waals surface area contributed by atoms with Gasteiger partial charge in [-0.05, 0) is 79.6 Å². The first-order chi connectivity index (χ1) is 21.8. The van der Waals surface area contributed by atoms with Crippen LogP contribution in [0.1, 0.15) is 51.0 Å². The molecular weight excluding hydrogens is 583 g/mol. The molecule has 236 valence electrons. The van der Waals surface area contributed by atoms with Crippen LogP contribution in [0.3, 0.4) is 0 Å². The van der Waals surface area contributed by atoms with E-state index >= 15 is 4.39 Å². The van der Waals surface area contributed by atoms with Gasteiger partial charge in [0.2, 0.25) is 0 Å². The summed E-state index contributed by atoms with van der Waals surface area (Å²) in [5.41, 5.74) is 0.178. The fraction of sp³-hybridized carbons (Fsp3) is 0.500. The van der Waals surface area contributed by atoms with Gasteiger partial charge in [0.15, 0.2) is 5.82 Å². The van der Waals surface area contributed by atoms with Crippen LogP contribution >= 0.6 is 0 Å². The van der Waals surface area contributed by atoms with Crippen molar-refractivity contribution >= 4 is 27.5 Å².